The quantitative estimate of drug-likeness (QED) is 0.850. The molecule has 1 aliphatic heterocycles. The molecule has 7 heteroatoms. The van der Waals surface area contributed by atoms with E-state index in [1.54, 1.807) is 18.2 Å². The Balaban J connectivity index is 1.44. The van der Waals surface area contributed by atoms with Crippen molar-refractivity contribution in [2.75, 3.05) is 19.9 Å². The summed E-state index contributed by atoms with van der Waals surface area (Å²) in [6.45, 7) is 0.486. The SMILES string of the molecule is O=C(NCC#CCOc1ccc2c(c1)OCO2)c1ccc(F)cc1Cl. The third kappa shape index (κ3) is 4.34. The summed E-state index contributed by atoms with van der Waals surface area (Å²) in [7, 11) is 0. The maximum atomic E-state index is 12.9. The van der Waals surface area contributed by atoms with Crippen molar-refractivity contribution in [3.05, 3.63) is 52.8 Å². The second-order valence-corrected chi connectivity index (χ2v) is 5.37. The van der Waals surface area contributed by atoms with Crippen LogP contribution in [0.5, 0.6) is 17.2 Å². The minimum absolute atomic E-state index is 0.0524. The number of benzene rings is 2. The van der Waals surface area contributed by atoms with Gasteiger partial charge in [-0.05, 0) is 30.3 Å². The van der Waals surface area contributed by atoms with Gasteiger partial charge in [0.05, 0.1) is 17.1 Å². The molecule has 0 spiro atoms. The highest BCUT2D eigenvalue weighted by atomic mass is 35.5. The Labute approximate surface area is 148 Å². The molecule has 0 aromatic heterocycles. The molecule has 25 heavy (non-hydrogen) atoms. The lowest BCUT2D eigenvalue weighted by Crippen LogP contribution is -2.24. The van der Waals surface area contributed by atoms with Crippen molar-refractivity contribution >= 4 is 17.5 Å². The molecular weight excluding hydrogens is 349 g/mol. The van der Waals surface area contributed by atoms with Gasteiger partial charge >= 0.3 is 0 Å². The summed E-state index contributed by atoms with van der Waals surface area (Å²) in [6.07, 6.45) is 0. The molecular formula is C18H13ClFNO4. The Morgan fingerprint density at radius 1 is 1.20 bits per heavy atom. The smallest absolute Gasteiger partial charge is 0.253 e. The molecule has 1 N–H and O–H groups in total. The number of carbonyl (C=O) groups is 1. The lowest BCUT2D eigenvalue weighted by Gasteiger charge is -2.04. The molecule has 0 fully saturated rings. The van der Waals surface area contributed by atoms with Gasteiger partial charge < -0.3 is 19.5 Å². The third-order valence-corrected chi connectivity index (χ3v) is 3.61. The molecule has 0 saturated carbocycles. The molecule has 0 unspecified atom stereocenters. The molecule has 2 aromatic rings. The van der Waals surface area contributed by atoms with Gasteiger partial charge in [0.25, 0.3) is 5.91 Å². The van der Waals surface area contributed by atoms with Crippen molar-refractivity contribution in [3.63, 3.8) is 0 Å². The Hall–Kier alpha value is -2.91. The number of ether oxygens (including phenoxy) is 3. The molecule has 1 heterocycles. The number of carbonyl (C=O) groups excluding carboxylic acids is 1. The summed E-state index contributed by atoms with van der Waals surface area (Å²) in [6, 6.07) is 8.82. The van der Waals surface area contributed by atoms with Crippen LogP contribution in [0.15, 0.2) is 36.4 Å². The number of hydrogen-bond donors (Lipinski definition) is 1. The number of hydrogen-bond acceptors (Lipinski definition) is 4. The van der Waals surface area contributed by atoms with E-state index in [4.69, 9.17) is 25.8 Å². The van der Waals surface area contributed by atoms with Gasteiger partial charge in [-0.15, -0.1) is 0 Å². The fourth-order valence-electron chi connectivity index (χ4n) is 2.09. The minimum atomic E-state index is -0.498. The van der Waals surface area contributed by atoms with Gasteiger partial charge in [0.1, 0.15) is 18.2 Å². The van der Waals surface area contributed by atoms with E-state index in [0.717, 1.165) is 6.07 Å². The average molecular weight is 362 g/mol. The van der Waals surface area contributed by atoms with Crippen LogP contribution in [0.4, 0.5) is 4.39 Å². The van der Waals surface area contributed by atoms with E-state index in [2.05, 4.69) is 17.2 Å². The van der Waals surface area contributed by atoms with Crippen LogP contribution in [0.2, 0.25) is 5.02 Å². The molecule has 128 valence electrons. The van der Waals surface area contributed by atoms with E-state index in [1.807, 2.05) is 0 Å². The van der Waals surface area contributed by atoms with Gasteiger partial charge in [0.15, 0.2) is 11.5 Å². The first-order valence-electron chi connectivity index (χ1n) is 7.35. The Kier molecular flexibility index (Phi) is 5.26. The molecule has 5 nitrogen and oxygen atoms in total. The zero-order valence-corrected chi connectivity index (χ0v) is 13.7. The van der Waals surface area contributed by atoms with Crippen molar-refractivity contribution in [1.82, 2.24) is 5.32 Å². The third-order valence-electron chi connectivity index (χ3n) is 3.29. The zero-order chi connectivity index (χ0) is 17.6. The molecule has 3 rings (SSSR count). The highest BCUT2D eigenvalue weighted by molar-refractivity contribution is 6.33. The predicted octanol–water partition coefficient (Wildman–Crippen LogP) is 3.02. The summed E-state index contributed by atoms with van der Waals surface area (Å²) in [5.74, 6) is 6.55. The largest absolute Gasteiger partial charge is 0.481 e. The first kappa shape index (κ1) is 16.9. The molecule has 2 aromatic carbocycles. The summed E-state index contributed by atoms with van der Waals surface area (Å²) >= 11 is 5.82. The molecule has 1 aliphatic rings. The van der Waals surface area contributed by atoms with E-state index in [-0.39, 0.29) is 30.5 Å². The molecule has 0 bridgehead atoms. The lowest BCUT2D eigenvalue weighted by molar-refractivity contribution is 0.0958. The number of nitrogens with one attached hydrogen (secondary N) is 1. The maximum Gasteiger partial charge on any atom is 0.253 e. The molecule has 1 amide bonds. The minimum Gasteiger partial charge on any atom is -0.481 e. The standard InChI is InChI=1S/C18H13ClFNO4/c19-15-9-12(20)3-5-14(15)18(22)21-7-1-2-8-23-13-4-6-16-17(10-13)25-11-24-16/h3-6,9-10H,7-8,11H2,(H,21,22). The summed E-state index contributed by atoms with van der Waals surface area (Å²) in [5.41, 5.74) is 0.196. The van der Waals surface area contributed by atoms with Gasteiger partial charge in [0.2, 0.25) is 6.79 Å². The van der Waals surface area contributed by atoms with Crippen molar-refractivity contribution in [3.8, 4) is 29.1 Å². The number of rotatable bonds is 4. The normalized spacial score (nSPS) is 11.4. The van der Waals surface area contributed by atoms with Crippen LogP contribution >= 0.6 is 11.6 Å². The van der Waals surface area contributed by atoms with Gasteiger partial charge in [-0.25, -0.2) is 4.39 Å². The van der Waals surface area contributed by atoms with Crippen LogP contribution in [-0.4, -0.2) is 25.9 Å². The van der Waals surface area contributed by atoms with Gasteiger partial charge in [-0.3, -0.25) is 4.79 Å². The fraction of sp³-hybridized carbons (Fsp3) is 0.167. The average Bonchev–Trinajstić information content (AvgIpc) is 3.05. The Bertz CT molecular complexity index is 860. The number of fused-ring (bicyclic) bond motifs is 1. The monoisotopic (exact) mass is 361 g/mol. The maximum absolute atomic E-state index is 12.9. The highest BCUT2D eigenvalue weighted by Gasteiger charge is 2.13. The van der Waals surface area contributed by atoms with Crippen LogP contribution in [0.25, 0.3) is 0 Å². The van der Waals surface area contributed by atoms with Crippen LogP contribution in [0.1, 0.15) is 10.4 Å². The van der Waals surface area contributed by atoms with Crippen LogP contribution in [0.3, 0.4) is 0 Å². The predicted molar refractivity (Wildman–Crippen MR) is 89.6 cm³/mol. The first-order valence-corrected chi connectivity index (χ1v) is 7.73. The number of amides is 1. The van der Waals surface area contributed by atoms with Crippen molar-refractivity contribution in [2.24, 2.45) is 0 Å². The van der Waals surface area contributed by atoms with Gasteiger partial charge in [-0.2, -0.15) is 0 Å². The number of halogens is 2. The van der Waals surface area contributed by atoms with E-state index in [9.17, 15) is 9.18 Å². The van der Waals surface area contributed by atoms with Crippen molar-refractivity contribution < 1.29 is 23.4 Å². The van der Waals surface area contributed by atoms with Gasteiger partial charge in [-0.1, -0.05) is 23.4 Å². The van der Waals surface area contributed by atoms with E-state index < -0.39 is 11.7 Å². The van der Waals surface area contributed by atoms with Crippen molar-refractivity contribution in [1.29, 1.82) is 0 Å². The van der Waals surface area contributed by atoms with Crippen LogP contribution < -0.4 is 19.5 Å². The van der Waals surface area contributed by atoms with E-state index in [0.29, 0.717) is 17.2 Å². The van der Waals surface area contributed by atoms with Crippen LogP contribution in [0, 0.1) is 17.7 Å². The highest BCUT2D eigenvalue weighted by Crippen LogP contribution is 2.34. The molecule has 0 radical (unpaired) electrons. The summed E-state index contributed by atoms with van der Waals surface area (Å²) in [4.78, 5) is 11.9. The molecule has 0 atom stereocenters. The first-order chi connectivity index (χ1) is 12.1. The molecule has 0 saturated heterocycles. The van der Waals surface area contributed by atoms with Crippen molar-refractivity contribution in [2.45, 2.75) is 0 Å². The summed E-state index contributed by atoms with van der Waals surface area (Å²) in [5, 5.41) is 2.63. The fourth-order valence-corrected chi connectivity index (χ4v) is 2.35. The summed E-state index contributed by atoms with van der Waals surface area (Å²) < 4.78 is 28.9. The van der Waals surface area contributed by atoms with Crippen LogP contribution in [-0.2, 0) is 0 Å². The van der Waals surface area contributed by atoms with E-state index >= 15 is 0 Å². The molecule has 0 aliphatic carbocycles. The van der Waals surface area contributed by atoms with E-state index in [1.165, 1.54) is 12.1 Å². The Morgan fingerprint density at radius 2 is 2.04 bits per heavy atom. The zero-order valence-electron chi connectivity index (χ0n) is 13.0. The lowest BCUT2D eigenvalue weighted by atomic mass is 10.2. The Morgan fingerprint density at radius 3 is 2.88 bits per heavy atom. The second-order valence-electron chi connectivity index (χ2n) is 4.96. The van der Waals surface area contributed by atoms with Gasteiger partial charge in [0, 0.05) is 6.07 Å². The second kappa shape index (κ2) is 7.77. The topological polar surface area (TPSA) is 56.8 Å².